The third kappa shape index (κ3) is 10.2. The molecule has 0 unspecified atom stereocenters. The van der Waals surface area contributed by atoms with Gasteiger partial charge in [-0.05, 0) is 138 Å². The van der Waals surface area contributed by atoms with Crippen LogP contribution in [0.2, 0.25) is 0 Å². The van der Waals surface area contributed by atoms with Crippen molar-refractivity contribution in [3.05, 3.63) is 297 Å². The number of aryl methyl sites for hydroxylation is 2. The first kappa shape index (κ1) is 41.3. The van der Waals surface area contributed by atoms with Crippen LogP contribution in [0.4, 0.5) is 0 Å². The van der Waals surface area contributed by atoms with Gasteiger partial charge in [0.25, 0.3) is 0 Å². The van der Waals surface area contributed by atoms with E-state index in [-0.39, 0.29) is 0 Å². The van der Waals surface area contributed by atoms with Gasteiger partial charge in [0, 0.05) is 0 Å². The molecule has 0 heteroatoms. The third-order valence-corrected chi connectivity index (χ3v) is 11.7. The number of benzene rings is 9. The fourth-order valence-corrected chi connectivity index (χ4v) is 8.32. The molecule has 0 atom stereocenters. The van der Waals surface area contributed by atoms with E-state index in [2.05, 4.69) is 281 Å². The van der Waals surface area contributed by atoms with Gasteiger partial charge in [-0.2, -0.15) is 0 Å². The zero-order chi connectivity index (χ0) is 43.5. The SMILES string of the molecule is Cc1cc(-c2cccc(C=Cc3ccc(C=C(c4ccccc4)c4ccccc4)cc3)c2)c(C)cc1-c1cccc(C=Cc2ccc(C=C(c3ccccc3)c3ccccc3)cc2)c1. The van der Waals surface area contributed by atoms with Gasteiger partial charge < -0.3 is 0 Å². The van der Waals surface area contributed by atoms with Gasteiger partial charge in [-0.25, -0.2) is 0 Å². The van der Waals surface area contributed by atoms with Crippen LogP contribution < -0.4 is 0 Å². The quantitative estimate of drug-likeness (QED) is 0.108. The van der Waals surface area contributed by atoms with Crippen LogP contribution in [-0.4, -0.2) is 0 Å². The molecule has 0 N–H and O–H groups in total. The van der Waals surface area contributed by atoms with E-state index in [1.807, 2.05) is 0 Å². The average Bonchev–Trinajstić information content (AvgIpc) is 3.36. The van der Waals surface area contributed by atoms with Crippen LogP contribution in [0.1, 0.15) is 66.8 Å². The highest BCUT2D eigenvalue weighted by Gasteiger charge is 2.11. The van der Waals surface area contributed by atoms with Crippen LogP contribution in [0.25, 0.3) is 69.9 Å². The summed E-state index contributed by atoms with van der Waals surface area (Å²) < 4.78 is 0. The summed E-state index contributed by atoms with van der Waals surface area (Å²) in [5, 5.41) is 0. The molecule has 306 valence electrons. The molecule has 9 aromatic rings. The molecule has 0 aliphatic rings. The van der Waals surface area contributed by atoms with Crippen LogP contribution in [0.5, 0.6) is 0 Å². The molecule has 0 spiro atoms. The summed E-state index contributed by atoms with van der Waals surface area (Å²) in [5.74, 6) is 0. The number of hydrogen-bond donors (Lipinski definition) is 0. The van der Waals surface area contributed by atoms with Gasteiger partial charge in [0.1, 0.15) is 0 Å². The fourth-order valence-electron chi connectivity index (χ4n) is 8.32. The van der Waals surface area contributed by atoms with E-state index in [1.165, 1.54) is 100 Å². The highest BCUT2D eigenvalue weighted by atomic mass is 14.1. The molecule has 0 aromatic heterocycles. The lowest BCUT2D eigenvalue weighted by Crippen LogP contribution is -1.91. The second-order valence-electron chi connectivity index (χ2n) is 16.3. The monoisotopic (exact) mass is 818 g/mol. The van der Waals surface area contributed by atoms with Crippen molar-refractivity contribution in [3.63, 3.8) is 0 Å². The average molecular weight is 819 g/mol. The zero-order valence-electron chi connectivity index (χ0n) is 36.4. The number of hydrogen-bond acceptors (Lipinski definition) is 0. The third-order valence-electron chi connectivity index (χ3n) is 11.7. The smallest absolute Gasteiger partial charge is 0.0105 e. The normalized spacial score (nSPS) is 11.2. The van der Waals surface area contributed by atoms with E-state index in [9.17, 15) is 0 Å². The van der Waals surface area contributed by atoms with Gasteiger partial charge >= 0.3 is 0 Å². The van der Waals surface area contributed by atoms with Crippen molar-refractivity contribution in [2.45, 2.75) is 13.8 Å². The lowest BCUT2D eigenvalue weighted by atomic mass is 9.91. The Bertz CT molecular complexity index is 2790. The largest absolute Gasteiger partial charge is 0.0622 e. The van der Waals surface area contributed by atoms with Gasteiger partial charge in [-0.15, -0.1) is 0 Å². The van der Waals surface area contributed by atoms with Gasteiger partial charge in [-0.1, -0.05) is 243 Å². The summed E-state index contributed by atoms with van der Waals surface area (Å²) in [6.45, 7) is 4.45. The van der Waals surface area contributed by atoms with Crippen LogP contribution in [0, 0.1) is 13.8 Å². The predicted octanol–water partition coefficient (Wildman–Crippen LogP) is 17.2. The summed E-state index contributed by atoms with van der Waals surface area (Å²) >= 11 is 0. The van der Waals surface area contributed by atoms with Gasteiger partial charge in [0.2, 0.25) is 0 Å². The minimum Gasteiger partial charge on any atom is -0.0622 e. The highest BCUT2D eigenvalue weighted by Crippen LogP contribution is 2.34. The van der Waals surface area contributed by atoms with Crippen LogP contribution in [0.3, 0.4) is 0 Å². The summed E-state index contributed by atoms with van der Waals surface area (Å²) in [6.07, 6.45) is 13.4. The first-order valence-electron chi connectivity index (χ1n) is 22.1. The summed E-state index contributed by atoms with van der Waals surface area (Å²) in [5.41, 5.74) is 21.8. The Morgan fingerprint density at radius 3 is 0.891 bits per heavy atom. The van der Waals surface area contributed by atoms with Crippen molar-refractivity contribution >= 4 is 47.6 Å². The van der Waals surface area contributed by atoms with Crippen LogP contribution in [0.15, 0.2) is 231 Å². The van der Waals surface area contributed by atoms with Crippen molar-refractivity contribution in [1.82, 2.24) is 0 Å². The van der Waals surface area contributed by atoms with Crippen LogP contribution in [-0.2, 0) is 0 Å². The molecule has 0 saturated carbocycles. The van der Waals surface area contributed by atoms with E-state index < -0.39 is 0 Å². The second-order valence-corrected chi connectivity index (χ2v) is 16.3. The predicted molar refractivity (Wildman–Crippen MR) is 277 cm³/mol. The maximum absolute atomic E-state index is 2.35. The molecule has 0 aliphatic heterocycles. The molecular formula is C64H50. The lowest BCUT2D eigenvalue weighted by molar-refractivity contribution is 1.38. The minimum atomic E-state index is 1.17. The molecule has 0 amide bonds. The molecule has 64 heavy (non-hydrogen) atoms. The van der Waals surface area contributed by atoms with Gasteiger partial charge in [0.05, 0.1) is 0 Å². The first-order valence-corrected chi connectivity index (χ1v) is 22.1. The van der Waals surface area contributed by atoms with Crippen molar-refractivity contribution in [3.8, 4) is 22.3 Å². The Morgan fingerprint density at radius 2 is 0.562 bits per heavy atom. The maximum Gasteiger partial charge on any atom is -0.0105 e. The summed E-state index contributed by atoms with van der Waals surface area (Å²) in [7, 11) is 0. The summed E-state index contributed by atoms with van der Waals surface area (Å²) in [6, 6.07) is 82.4. The Hall–Kier alpha value is -8.06. The topological polar surface area (TPSA) is 0 Å². The van der Waals surface area contributed by atoms with E-state index in [0.717, 1.165) is 0 Å². The lowest BCUT2D eigenvalue weighted by Gasteiger charge is -2.14. The van der Waals surface area contributed by atoms with E-state index >= 15 is 0 Å². The van der Waals surface area contributed by atoms with Gasteiger partial charge in [0.15, 0.2) is 0 Å². The molecule has 0 heterocycles. The molecule has 0 aliphatic carbocycles. The van der Waals surface area contributed by atoms with E-state index in [1.54, 1.807) is 0 Å². The van der Waals surface area contributed by atoms with Crippen molar-refractivity contribution in [2.75, 3.05) is 0 Å². The molecule has 9 rings (SSSR count). The molecule has 9 aromatic carbocycles. The standard InChI is InChI=1S/C64H50/c1-47-41-62(60-28-16-18-52(44-60)36-30-50-33-39-54(40-34-50)46-64(57-23-11-5-12-24-57)58-25-13-6-14-26-58)48(2)42-61(47)59-27-15-17-51(43-59)35-29-49-31-37-53(38-32-49)45-63(55-19-7-3-8-20-55)56-21-9-4-10-22-56/h3-46H,1-2H3. The maximum atomic E-state index is 2.35. The zero-order valence-corrected chi connectivity index (χ0v) is 36.4. The molecule has 0 fully saturated rings. The Kier molecular flexibility index (Phi) is 12.8. The Labute approximate surface area is 379 Å². The fraction of sp³-hybridized carbons (Fsp3) is 0.0312. The number of rotatable bonds is 12. The second kappa shape index (κ2) is 19.8. The Morgan fingerprint density at radius 1 is 0.266 bits per heavy atom. The van der Waals surface area contributed by atoms with Crippen molar-refractivity contribution in [1.29, 1.82) is 0 Å². The van der Waals surface area contributed by atoms with E-state index in [0.29, 0.717) is 0 Å². The minimum absolute atomic E-state index is 1.17. The first-order chi connectivity index (χ1) is 31.5. The van der Waals surface area contributed by atoms with E-state index in [4.69, 9.17) is 0 Å². The highest BCUT2D eigenvalue weighted by molar-refractivity contribution is 5.93. The Balaban J connectivity index is 0.886. The molecule has 0 saturated heterocycles. The van der Waals surface area contributed by atoms with Crippen LogP contribution >= 0.6 is 0 Å². The van der Waals surface area contributed by atoms with Crippen molar-refractivity contribution in [2.24, 2.45) is 0 Å². The molecular weight excluding hydrogens is 769 g/mol. The molecule has 0 radical (unpaired) electrons. The van der Waals surface area contributed by atoms with Crippen molar-refractivity contribution < 1.29 is 0 Å². The molecule has 0 bridgehead atoms. The van der Waals surface area contributed by atoms with Gasteiger partial charge in [-0.3, -0.25) is 0 Å². The molecule has 0 nitrogen and oxygen atoms in total. The summed E-state index contributed by atoms with van der Waals surface area (Å²) in [4.78, 5) is 0.